The number of rotatable bonds is 6. The second kappa shape index (κ2) is 9.60. The number of aromatic hydroxyl groups is 2. The lowest BCUT2D eigenvalue weighted by Gasteiger charge is -2.39. The van der Waals surface area contributed by atoms with Crippen molar-refractivity contribution < 1.29 is 54.0 Å². The third kappa shape index (κ3) is 4.33. The molecule has 12 nitrogen and oxygen atoms in total. The Hall–Kier alpha value is -3.55. The van der Waals surface area contributed by atoms with Crippen LogP contribution in [0.1, 0.15) is 0 Å². The van der Waals surface area contributed by atoms with Crippen molar-refractivity contribution in [3.05, 3.63) is 40.6 Å². The summed E-state index contributed by atoms with van der Waals surface area (Å²) >= 11 is 0. The van der Waals surface area contributed by atoms with Crippen LogP contribution >= 0.6 is 0 Å². The molecule has 2 aromatic carbocycles. The van der Waals surface area contributed by atoms with Crippen molar-refractivity contribution in [2.75, 3.05) is 20.8 Å². The van der Waals surface area contributed by atoms with Crippen molar-refractivity contribution in [1.29, 1.82) is 0 Å². The molecule has 1 aromatic heterocycles. The summed E-state index contributed by atoms with van der Waals surface area (Å²) < 4.78 is 27.0. The number of hydrogen-bond donors (Lipinski definition) is 6. The number of methoxy groups -OCH3 is 2. The van der Waals surface area contributed by atoms with E-state index in [0.717, 1.165) is 6.07 Å². The number of phenolic OH excluding ortho intramolecular Hbond substituents is 2. The number of aliphatic hydroxyl groups excluding tert-OH is 4. The van der Waals surface area contributed by atoms with E-state index in [0.29, 0.717) is 5.56 Å². The lowest BCUT2D eigenvalue weighted by atomic mass is 9.99. The van der Waals surface area contributed by atoms with Crippen molar-refractivity contribution in [3.63, 3.8) is 0 Å². The number of ether oxygens (including phenoxy) is 4. The van der Waals surface area contributed by atoms with Gasteiger partial charge in [0.15, 0.2) is 28.4 Å². The molecule has 12 heteroatoms. The predicted molar refractivity (Wildman–Crippen MR) is 119 cm³/mol. The van der Waals surface area contributed by atoms with Crippen molar-refractivity contribution >= 4 is 11.0 Å². The Morgan fingerprint density at radius 2 is 1.69 bits per heavy atom. The highest BCUT2D eigenvalue weighted by atomic mass is 16.7. The standard InChI is InChI=1S/C23H24O12/c1-31-13-5-9(3-4-10(13)25)12-6-11(26)17-14(33-12)7-15(22(32-2)19(17)28)34-23-21(30)20(29)18(27)16(8-24)35-23/h3-7,16,18,20-21,23-25,27-30H,8H2,1-2H3/t16-,18-,20+,21+,23-/m1/s1. The number of aliphatic hydroxyl groups is 4. The Bertz CT molecular complexity index is 1280. The summed E-state index contributed by atoms with van der Waals surface area (Å²) in [7, 11) is 2.57. The lowest BCUT2D eigenvalue weighted by Crippen LogP contribution is -2.60. The first-order chi connectivity index (χ1) is 16.7. The molecule has 6 N–H and O–H groups in total. The van der Waals surface area contributed by atoms with Crippen LogP contribution in [0, 0.1) is 0 Å². The molecule has 0 spiro atoms. The van der Waals surface area contributed by atoms with Crippen LogP contribution in [0.25, 0.3) is 22.3 Å². The van der Waals surface area contributed by atoms with Crippen LogP contribution in [0.15, 0.2) is 39.5 Å². The number of phenols is 2. The number of benzene rings is 2. The second-order valence-corrected chi connectivity index (χ2v) is 7.81. The molecule has 1 aliphatic heterocycles. The zero-order chi connectivity index (χ0) is 25.4. The van der Waals surface area contributed by atoms with E-state index in [9.17, 15) is 35.4 Å². The summed E-state index contributed by atoms with van der Waals surface area (Å²) in [5.74, 6) is -0.977. The van der Waals surface area contributed by atoms with Crippen LogP contribution in [-0.2, 0) is 4.74 Å². The van der Waals surface area contributed by atoms with Crippen LogP contribution in [0.2, 0.25) is 0 Å². The molecule has 188 valence electrons. The summed E-state index contributed by atoms with van der Waals surface area (Å²) in [5, 5.41) is 60.0. The highest BCUT2D eigenvalue weighted by molar-refractivity contribution is 5.89. The molecular formula is C23H24O12. The van der Waals surface area contributed by atoms with Crippen LogP contribution in [-0.4, -0.2) is 82.2 Å². The van der Waals surface area contributed by atoms with Gasteiger partial charge in [-0.1, -0.05) is 0 Å². The van der Waals surface area contributed by atoms with E-state index in [1.807, 2.05) is 0 Å². The van der Waals surface area contributed by atoms with Gasteiger partial charge in [-0.15, -0.1) is 0 Å². The van der Waals surface area contributed by atoms with E-state index < -0.39 is 48.5 Å². The van der Waals surface area contributed by atoms with Gasteiger partial charge in [0, 0.05) is 17.7 Å². The second-order valence-electron chi connectivity index (χ2n) is 7.81. The van der Waals surface area contributed by atoms with Crippen molar-refractivity contribution in [2.45, 2.75) is 30.7 Å². The van der Waals surface area contributed by atoms with Gasteiger partial charge in [-0.3, -0.25) is 4.79 Å². The molecule has 1 aliphatic rings. The number of fused-ring (bicyclic) bond motifs is 1. The summed E-state index contributed by atoms with van der Waals surface area (Å²) in [5.41, 5.74) is -0.328. The Kier molecular flexibility index (Phi) is 6.74. The van der Waals surface area contributed by atoms with Gasteiger partial charge in [-0.05, 0) is 18.2 Å². The maximum absolute atomic E-state index is 12.8. The fourth-order valence-corrected chi connectivity index (χ4v) is 3.81. The fraction of sp³-hybridized carbons (Fsp3) is 0.348. The van der Waals surface area contributed by atoms with Crippen LogP contribution in [0.3, 0.4) is 0 Å². The quantitative estimate of drug-likeness (QED) is 0.272. The SMILES string of the molecule is COc1cc(-c2cc(=O)c3c(O)c(OC)c(O[C@@H]4O[C@H](CO)[C@@H](O)[C@H](O)[C@@H]4O)cc3o2)ccc1O. The normalized spacial score (nSPS) is 24.3. The van der Waals surface area contributed by atoms with Gasteiger partial charge in [0.05, 0.1) is 20.8 Å². The molecule has 5 atom stereocenters. The van der Waals surface area contributed by atoms with E-state index in [-0.39, 0.29) is 39.7 Å². The van der Waals surface area contributed by atoms with E-state index in [4.69, 9.17) is 23.4 Å². The van der Waals surface area contributed by atoms with E-state index in [1.165, 1.54) is 38.5 Å². The zero-order valence-corrected chi connectivity index (χ0v) is 18.6. The van der Waals surface area contributed by atoms with Crippen molar-refractivity contribution in [2.24, 2.45) is 0 Å². The molecule has 0 saturated carbocycles. The Balaban J connectivity index is 1.80. The maximum Gasteiger partial charge on any atom is 0.229 e. The molecule has 0 radical (unpaired) electrons. The van der Waals surface area contributed by atoms with Crippen LogP contribution < -0.4 is 19.6 Å². The minimum Gasteiger partial charge on any atom is -0.504 e. The molecule has 4 rings (SSSR count). The number of hydrogen-bond acceptors (Lipinski definition) is 12. The molecular weight excluding hydrogens is 468 g/mol. The molecule has 1 fully saturated rings. The monoisotopic (exact) mass is 492 g/mol. The third-order valence-electron chi connectivity index (χ3n) is 5.67. The first-order valence-electron chi connectivity index (χ1n) is 10.4. The highest BCUT2D eigenvalue weighted by Crippen LogP contribution is 2.43. The minimum atomic E-state index is -1.72. The van der Waals surface area contributed by atoms with E-state index >= 15 is 0 Å². The van der Waals surface area contributed by atoms with Gasteiger partial charge in [-0.2, -0.15) is 0 Å². The average Bonchev–Trinajstić information content (AvgIpc) is 2.84. The predicted octanol–water partition coefficient (Wildman–Crippen LogP) is 0.0671. The van der Waals surface area contributed by atoms with Gasteiger partial charge in [0.1, 0.15) is 41.1 Å². The lowest BCUT2D eigenvalue weighted by molar-refractivity contribution is -0.277. The first kappa shape index (κ1) is 24.6. The zero-order valence-electron chi connectivity index (χ0n) is 18.6. The average molecular weight is 492 g/mol. The molecule has 0 unspecified atom stereocenters. The summed E-state index contributed by atoms with van der Waals surface area (Å²) in [6.45, 7) is -0.667. The summed E-state index contributed by atoms with van der Waals surface area (Å²) in [6, 6.07) is 6.67. The third-order valence-corrected chi connectivity index (χ3v) is 5.67. The molecule has 0 amide bonds. The first-order valence-corrected chi connectivity index (χ1v) is 10.4. The Morgan fingerprint density at radius 1 is 0.943 bits per heavy atom. The van der Waals surface area contributed by atoms with Gasteiger partial charge in [0.2, 0.25) is 12.0 Å². The summed E-state index contributed by atoms with van der Waals surface area (Å²) in [4.78, 5) is 12.8. The highest BCUT2D eigenvalue weighted by Gasteiger charge is 2.45. The largest absolute Gasteiger partial charge is 0.504 e. The van der Waals surface area contributed by atoms with Gasteiger partial charge in [0.25, 0.3) is 0 Å². The molecule has 35 heavy (non-hydrogen) atoms. The Morgan fingerprint density at radius 3 is 2.34 bits per heavy atom. The van der Waals surface area contributed by atoms with Gasteiger partial charge >= 0.3 is 0 Å². The molecule has 1 saturated heterocycles. The van der Waals surface area contributed by atoms with Crippen LogP contribution in [0.5, 0.6) is 28.7 Å². The molecule has 0 aliphatic carbocycles. The van der Waals surface area contributed by atoms with E-state index in [1.54, 1.807) is 0 Å². The van der Waals surface area contributed by atoms with Crippen LogP contribution in [0.4, 0.5) is 0 Å². The van der Waals surface area contributed by atoms with E-state index in [2.05, 4.69) is 0 Å². The Labute approximate surface area is 197 Å². The van der Waals surface area contributed by atoms with Gasteiger partial charge in [-0.25, -0.2) is 0 Å². The van der Waals surface area contributed by atoms with Crippen molar-refractivity contribution in [3.8, 4) is 40.1 Å². The smallest absolute Gasteiger partial charge is 0.229 e. The molecule has 0 bridgehead atoms. The van der Waals surface area contributed by atoms with Gasteiger partial charge < -0.3 is 54.0 Å². The fourth-order valence-electron chi connectivity index (χ4n) is 3.81. The molecule has 3 aromatic rings. The molecule has 2 heterocycles. The topological polar surface area (TPSA) is 189 Å². The van der Waals surface area contributed by atoms with Crippen molar-refractivity contribution in [1.82, 2.24) is 0 Å². The minimum absolute atomic E-state index is 0.0872. The maximum atomic E-state index is 12.8. The summed E-state index contributed by atoms with van der Waals surface area (Å²) in [6.07, 6.45) is -7.82.